The lowest BCUT2D eigenvalue weighted by Crippen LogP contribution is -2.24. The van der Waals surface area contributed by atoms with Crippen molar-refractivity contribution in [2.75, 3.05) is 10.6 Å². The number of aromatic nitrogens is 1. The number of H-pyrrole nitrogens is 1. The maximum absolute atomic E-state index is 12.7. The standard InChI is InChI=1S/C16H12F3N3O3/c17-16(18,19)8-5-12(15(25)20-7-8)21-13(23)6-10-9-3-1-2-4-11(9)22-14(10)24/h1-5,7,10H,6H2,(H,20,25)(H,21,23)(H,22,24)/t10-/m0/s1. The second kappa shape index (κ2) is 6.08. The third kappa shape index (κ3) is 3.39. The molecular weight excluding hydrogens is 339 g/mol. The summed E-state index contributed by atoms with van der Waals surface area (Å²) in [7, 11) is 0. The number of para-hydroxylation sites is 1. The Morgan fingerprint density at radius 2 is 1.92 bits per heavy atom. The van der Waals surface area contributed by atoms with E-state index in [0.717, 1.165) is 0 Å². The van der Waals surface area contributed by atoms with Crippen LogP contribution in [0.15, 0.2) is 41.3 Å². The number of halogens is 3. The minimum Gasteiger partial charge on any atom is -0.327 e. The molecule has 0 aliphatic carbocycles. The fraction of sp³-hybridized carbons (Fsp3) is 0.188. The predicted octanol–water partition coefficient (Wildman–Crippen LogP) is 2.46. The van der Waals surface area contributed by atoms with Crippen molar-refractivity contribution in [1.82, 2.24) is 4.98 Å². The number of amides is 2. The number of fused-ring (bicyclic) bond motifs is 1. The lowest BCUT2D eigenvalue weighted by atomic mass is 9.97. The summed E-state index contributed by atoms with van der Waals surface area (Å²) in [5.74, 6) is -1.88. The maximum atomic E-state index is 12.7. The van der Waals surface area contributed by atoms with Crippen LogP contribution in [-0.4, -0.2) is 16.8 Å². The molecule has 1 aliphatic rings. The van der Waals surface area contributed by atoms with Gasteiger partial charge in [-0.1, -0.05) is 18.2 Å². The SMILES string of the molecule is O=C(C[C@@H]1C(=O)Nc2ccccc21)Nc1cc(C(F)(F)F)c[nH]c1=O. The lowest BCUT2D eigenvalue weighted by molar-refractivity contribution is -0.137. The Kier molecular flexibility index (Phi) is 4.07. The molecule has 0 saturated heterocycles. The Labute approximate surface area is 139 Å². The summed E-state index contributed by atoms with van der Waals surface area (Å²) in [6.07, 6.45) is -4.43. The number of hydrogen-bond acceptors (Lipinski definition) is 3. The molecule has 2 heterocycles. The number of anilines is 2. The molecule has 0 radical (unpaired) electrons. The molecule has 1 aliphatic heterocycles. The molecule has 0 bridgehead atoms. The van der Waals surface area contributed by atoms with Gasteiger partial charge in [-0.2, -0.15) is 13.2 Å². The van der Waals surface area contributed by atoms with E-state index in [0.29, 0.717) is 23.5 Å². The van der Waals surface area contributed by atoms with Crippen LogP contribution in [-0.2, 0) is 15.8 Å². The number of nitrogens with one attached hydrogen (secondary N) is 3. The third-order valence-electron chi connectivity index (χ3n) is 3.80. The predicted molar refractivity (Wildman–Crippen MR) is 83.1 cm³/mol. The average molecular weight is 351 g/mol. The number of aromatic amines is 1. The Morgan fingerprint density at radius 3 is 2.64 bits per heavy atom. The smallest absolute Gasteiger partial charge is 0.327 e. The molecule has 130 valence electrons. The summed E-state index contributed by atoms with van der Waals surface area (Å²) >= 11 is 0. The summed E-state index contributed by atoms with van der Waals surface area (Å²) in [4.78, 5) is 37.6. The molecule has 9 heteroatoms. The Hall–Kier alpha value is -3.10. The molecule has 1 aromatic heterocycles. The van der Waals surface area contributed by atoms with Crippen LogP contribution in [0.5, 0.6) is 0 Å². The van der Waals surface area contributed by atoms with Crippen molar-refractivity contribution in [3.05, 3.63) is 58.0 Å². The number of hydrogen-bond donors (Lipinski definition) is 3. The number of pyridine rings is 1. The fourth-order valence-electron chi connectivity index (χ4n) is 2.61. The van der Waals surface area contributed by atoms with Crippen LogP contribution < -0.4 is 16.2 Å². The van der Waals surface area contributed by atoms with E-state index in [1.165, 1.54) is 0 Å². The summed E-state index contributed by atoms with van der Waals surface area (Å²) < 4.78 is 38.1. The third-order valence-corrected chi connectivity index (χ3v) is 3.80. The van der Waals surface area contributed by atoms with E-state index in [-0.39, 0.29) is 12.3 Å². The molecule has 25 heavy (non-hydrogen) atoms. The molecule has 0 spiro atoms. The highest BCUT2D eigenvalue weighted by Crippen LogP contribution is 2.34. The van der Waals surface area contributed by atoms with E-state index in [1.807, 2.05) is 4.98 Å². The molecule has 2 amide bonds. The monoisotopic (exact) mass is 351 g/mol. The van der Waals surface area contributed by atoms with Gasteiger partial charge >= 0.3 is 6.18 Å². The Balaban J connectivity index is 1.78. The molecule has 2 aromatic rings. The highest BCUT2D eigenvalue weighted by atomic mass is 19.4. The van der Waals surface area contributed by atoms with E-state index < -0.39 is 34.8 Å². The summed E-state index contributed by atoms with van der Waals surface area (Å²) in [5, 5.41) is 4.76. The van der Waals surface area contributed by atoms with Crippen LogP contribution >= 0.6 is 0 Å². The average Bonchev–Trinajstić information content (AvgIpc) is 2.84. The van der Waals surface area contributed by atoms with Gasteiger partial charge in [0.25, 0.3) is 5.56 Å². The molecule has 3 N–H and O–H groups in total. The zero-order valence-corrected chi connectivity index (χ0v) is 12.6. The number of carbonyl (C=O) groups is 2. The second-order valence-electron chi connectivity index (χ2n) is 5.51. The number of rotatable bonds is 3. The van der Waals surface area contributed by atoms with Crippen molar-refractivity contribution in [2.45, 2.75) is 18.5 Å². The van der Waals surface area contributed by atoms with Gasteiger partial charge in [0, 0.05) is 18.3 Å². The van der Waals surface area contributed by atoms with E-state index in [4.69, 9.17) is 0 Å². The van der Waals surface area contributed by atoms with Crippen LogP contribution in [0, 0.1) is 0 Å². The number of benzene rings is 1. The minimum absolute atomic E-state index is 0.293. The molecule has 0 saturated carbocycles. The van der Waals surface area contributed by atoms with Crippen molar-refractivity contribution >= 4 is 23.2 Å². The van der Waals surface area contributed by atoms with Crippen molar-refractivity contribution in [2.24, 2.45) is 0 Å². The van der Waals surface area contributed by atoms with Crippen LogP contribution in [0.25, 0.3) is 0 Å². The molecule has 1 aromatic carbocycles. The summed E-state index contributed by atoms with van der Waals surface area (Å²) in [5.41, 5.74) is -1.27. The normalized spacial score (nSPS) is 16.3. The maximum Gasteiger partial charge on any atom is 0.417 e. The van der Waals surface area contributed by atoms with Crippen molar-refractivity contribution < 1.29 is 22.8 Å². The van der Waals surface area contributed by atoms with Gasteiger partial charge in [-0.15, -0.1) is 0 Å². The van der Waals surface area contributed by atoms with Gasteiger partial charge in [-0.3, -0.25) is 14.4 Å². The van der Waals surface area contributed by atoms with E-state index in [2.05, 4.69) is 10.6 Å². The first-order valence-corrected chi connectivity index (χ1v) is 7.25. The highest BCUT2D eigenvalue weighted by Gasteiger charge is 2.33. The summed E-state index contributed by atoms with van der Waals surface area (Å²) in [6, 6.07) is 7.36. The topological polar surface area (TPSA) is 91.1 Å². The number of alkyl halides is 3. The van der Waals surface area contributed by atoms with Crippen LogP contribution in [0.3, 0.4) is 0 Å². The van der Waals surface area contributed by atoms with Gasteiger partial charge in [0.1, 0.15) is 5.69 Å². The molecule has 0 fully saturated rings. The van der Waals surface area contributed by atoms with Gasteiger partial charge in [0.05, 0.1) is 11.5 Å². The molecule has 1 atom stereocenters. The van der Waals surface area contributed by atoms with Crippen LogP contribution in [0.1, 0.15) is 23.5 Å². The largest absolute Gasteiger partial charge is 0.417 e. The fourth-order valence-corrected chi connectivity index (χ4v) is 2.61. The van der Waals surface area contributed by atoms with E-state index in [9.17, 15) is 27.6 Å². The minimum atomic E-state index is -4.66. The van der Waals surface area contributed by atoms with Gasteiger partial charge in [0.15, 0.2) is 0 Å². The van der Waals surface area contributed by atoms with Crippen molar-refractivity contribution in [1.29, 1.82) is 0 Å². The molecule has 3 rings (SSSR count). The molecular formula is C16H12F3N3O3. The Morgan fingerprint density at radius 1 is 1.20 bits per heavy atom. The zero-order valence-electron chi connectivity index (χ0n) is 12.6. The van der Waals surface area contributed by atoms with Gasteiger partial charge in [0.2, 0.25) is 11.8 Å². The first kappa shape index (κ1) is 16.7. The highest BCUT2D eigenvalue weighted by molar-refractivity contribution is 6.06. The first-order chi connectivity index (χ1) is 11.8. The first-order valence-electron chi connectivity index (χ1n) is 7.25. The molecule has 6 nitrogen and oxygen atoms in total. The van der Waals surface area contributed by atoms with Crippen LogP contribution in [0.4, 0.5) is 24.5 Å². The quantitative estimate of drug-likeness (QED) is 0.793. The van der Waals surface area contributed by atoms with E-state index >= 15 is 0 Å². The summed E-state index contributed by atoms with van der Waals surface area (Å²) in [6.45, 7) is 0. The second-order valence-corrected chi connectivity index (χ2v) is 5.51. The van der Waals surface area contributed by atoms with Crippen molar-refractivity contribution in [3.63, 3.8) is 0 Å². The van der Waals surface area contributed by atoms with Crippen molar-refractivity contribution in [3.8, 4) is 0 Å². The lowest BCUT2D eigenvalue weighted by Gasteiger charge is -2.11. The van der Waals surface area contributed by atoms with E-state index in [1.54, 1.807) is 24.3 Å². The van der Waals surface area contributed by atoms with Crippen LogP contribution in [0.2, 0.25) is 0 Å². The number of carbonyl (C=O) groups excluding carboxylic acids is 2. The Bertz CT molecular complexity index is 905. The molecule has 0 unspecified atom stereocenters. The zero-order chi connectivity index (χ0) is 18.2. The van der Waals surface area contributed by atoms with Gasteiger partial charge in [-0.05, 0) is 17.7 Å². The van der Waals surface area contributed by atoms with Gasteiger partial charge < -0.3 is 15.6 Å². The van der Waals surface area contributed by atoms with Gasteiger partial charge in [-0.25, -0.2) is 0 Å².